The highest BCUT2D eigenvalue weighted by Gasteiger charge is 2.29. The molecule has 0 spiro atoms. The van der Waals surface area contributed by atoms with Gasteiger partial charge in [0.05, 0.1) is 19.3 Å². The molecule has 1 fully saturated rings. The highest BCUT2D eigenvalue weighted by atomic mass is 16.5. The van der Waals surface area contributed by atoms with Crippen molar-refractivity contribution in [2.24, 2.45) is 0 Å². The summed E-state index contributed by atoms with van der Waals surface area (Å²) in [5, 5.41) is 3.49. The Hall–Kier alpha value is -0.120. The molecular weight excluding hydrogens is 166 g/mol. The second-order valence-electron chi connectivity index (χ2n) is 3.98. The van der Waals surface area contributed by atoms with E-state index in [1.54, 1.807) is 7.11 Å². The molecule has 0 radical (unpaired) electrons. The molecule has 0 saturated heterocycles. The maximum Gasteiger partial charge on any atom is 0.0704 e. The van der Waals surface area contributed by atoms with Crippen molar-refractivity contribution in [1.29, 1.82) is 0 Å². The minimum atomic E-state index is 0.464. The van der Waals surface area contributed by atoms with Crippen molar-refractivity contribution in [2.75, 3.05) is 20.3 Å². The van der Waals surface area contributed by atoms with Gasteiger partial charge in [0.1, 0.15) is 0 Å². The Morgan fingerprint density at radius 2 is 2.00 bits per heavy atom. The van der Waals surface area contributed by atoms with E-state index < -0.39 is 0 Å². The zero-order valence-electron chi connectivity index (χ0n) is 8.88. The molecule has 0 aliphatic heterocycles. The summed E-state index contributed by atoms with van der Waals surface area (Å²) in [4.78, 5) is 0. The topological polar surface area (TPSA) is 30.5 Å². The minimum absolute atomic E-state index is 0.464. The van der Waals surface area contributed by atoms with E-state index in [4.69, 9.17) is 9.47 Å². The third-order valence-electron chi connectivity index (χ3n) is 2.30. The van der Waals surface area contributed by atoms with Crippen molar-refractivity contribution >= 4 is 0 Å². The number of nitrogens with one attached hydrogen (secondary N) is 1. The summed E-state index contributed by atoms with van der Waals surface area (Å²) in [6.45, 7) is 5.80. The molecule has 78 valence electrons. The van der Waals surface area contributed by atoms with E-state index in [1.807, 2.05) is 0 Å². The fraction of sp³-hybridized carbons (Fsp3) is 1.00. The van der Waals surface area contributed by atoms with Gasteiger partial charge < -0.3 is 14.8 Å². The summed E-state index contributed by atoms with van der Waals surface area (Å²) in [5.41, 5.74) is 0. The van der Waals surface area contributed by atoms with E-state index >= 15 is 0 Å². The van der Waals surface area contributed by atoms with Crippen LogP contribution in [0.1, 0.15) is 26.7 Å². The van der Waals surface area contributed by atoms with E-state index in [0.29, 0.717) is 24.8 Å². The van der Waals surface area contributed by atoms with Crippen LogP contribution in [-0.4, -0.2) is 38.5 Å². The first kappa shape index (κ1) is 11.0. The summed E-state index contributed by atoms with van der Waals surface area (Å²) in [5.74, 6) is 0. The Labute approximate surface area is 80.8 Å². The van der Waals surface area contributed by atoms with Gasteiger partial charge in [-0.3, -0.25) is 0 Å². The summed E-state index contributed by atoms with van der Waals surface area (Å²) >= 11 is 0. The number of hydrogen-bond donors (Lipinski definition) is 1. The third kappa shape index (κ3) is 4.07. The van der Waals surface area contributed by atoms with Crippen LogP contribution >= 0.6 is 0 Å². The largest absolute Gasteiger partial charge is 0.382 e. The highest BCUT2D eigenvalue weighted by molar-refractivity contribution is 4.86. The van der Waals surface area contributed by atoms with Gasteiger partial charge in [-0.2, -0.15) is 0 Å². The maximum atomic E-state index is 5.57. The van der Waals surface area contributed by atoms with E-state index in [0.717, 1.165) is 19.4 Å². The molecule has 0 unspecified atom stereocenters. The quantitative estimate of drug-likeness (QED) is 0.633. The van der Waals surface area contributed by atoms with E-state index in [1.165, 1.54) is 0 Å². The fourth-order valence-electron chi connectivity index (χ4n) is 1.61. The lowest BCUT2D eigenvalue weighted by Gasteiger charge is -2.36. The molecule has 1 saturated carbocycles. The molecule has 0 aromatic carbocycles. The van der Waals surface area contributed by atoms with E-state index in [9.17, 15) is 0 Å². The predicted molar refractivity (Wildman–Crippen MR) is 52.9 cm³/mol. The molecule has 0 heterocycles. The summed E-state index contributed by atoms with van der Waals surface area (Å²) in [7, 11) is 1.70. The summed E-state index contributed by atoms with van der Waals surface area (Å²) in [6.07, 6.45) is 2.77. The molecule has 1 aliphatic carbocycles. The number of ether oxygens (including phenoxy) is 2. The molecule has 3 heteroatoms. The second kappa shape index (κ2) is 5.58. The zero-order valence-corrected chi connectivity index (χ0v) is 8.88. The van der Waals surface area contributed by atoms with Crippen molar-refractivity contribution in [3.63, 3.8) is 0 Å². The molecule has 0 aromatic rings. The average molecular weight is 187 g/mol. The Bertz CT molecular complexity index is 133. The lowest BCUT2D eigenvalue weighted by atomic mass is 9.89. The lowest BCUT2D eigenvalue weighted by molar-refractivity contribution is -0.0368. The van der Waals surface area contributed by atoms with Gasteiger partial charge in [0.15, 0.2) is 0 Å². The molecule has 1 rings (SSSR count). The minimum Gasteiger partial charge on any atom is -0.382 e. The van der Waals surface area contributed by atoms with Gasteiger partial charge in [0, 0.05) is 19.2 Å². The fourth-order valence-corrected chi connectivity index (χ4v) is 1.61. The Kier molecular flexibility index (Phi) is 4.70. The molecular formula is C10H21NO2. The monoisotopic (exact) mass is 187 g/mol. The van der Waals surface area contributed by atoms with Crippen molar-refractivity contribution in [2.45, 2.75) is 44.9 Å². The number of rotatable bonds is 6. The van der Waals surface area contributed by atoms with Crippen LogP contribution in [0.25, 0.3) is 0 Å². The first-order valence-corrected chi connectivity index (χ1v) is 5.09. The highest BCUT2D eigenvalue weighted by Crippen LogP contribution is 2.23. The van der Waals surface area contributed by atoms with Gasteiger partial charge in [-0.25, -0.2) is 0 Å². The van der Waals surface area contributed by atoms with Crippen molar-refractivity contribution < 1.29 is 9.47 Å². The average Bonchev–Trinajstić information content (AvgIpc) is 1.99. The lowest BCUT2D eigenvalue weighted by Crippen LogP contribution is -2.48. The molecule has 0 bridgehead atoms. The molecule has 13 heavy (non-hydrogen) atoms. The first-order valence-electron chi connectivity index (χ1n) is 5.09. The van der Waals surface area contributed by atoms with Crippen molar-refractivity contribution in [1.82, 2.24) is 5.32 Å². The first-order chi connectivity index (χ1) is 6.22. The van der Waals surface area contributed by atoms with Crippen LogP contribution in [0.3, 0.4) is 0 Å². The maximum absolute atomic E-state index is 5.57. The molecule has 0 atom stereocenters. The SMILES string of the molecule is COCCOC1CC(NC(C)C)C1. The molecule has 0 aromatic heterocycles. The summed E-state index contributed by atoms with van der Waals surface area (Å²) < 4.78 is 10.5. The van der Waals surface area contributed by atoms with Crippen LogP contribution in [0.5, 0.6) is 0 Å². The van der Waals surface area contributed by atoms with Crippen LogP contribution in [0, 0.1) is 0 Å². The van der Waals surface area contributed by atoms with Crippen molar-refractivity contribution in [3.05, 3.63) is 0 Å². The van der Waals surface area contributed by atoms with Gasteiger partial charge in [-0.15, -0.1) is 0 Å². The zero-order chi connectivity index (χ0) is 9.68. The normalized spacial score (nSPS) is 27.7. The smallest absolute Gasteiger partial charge is 0.0704 e. The Morgan fingerprint density at radius 3 is 2.54 bits per heavy atom. The number of hydrogen-bond acceptors (Lipinski definition) is 3. The molecule has 1 aliphatic rings. The van der Waals surface area contributed by atoms with Crippen LogP contribution in [0.2, 0.25) is 0 Å². The number of methoxy groups -OCH3 is 1. The summed E-state index contributed by atoms with van der Waals surface area (Å²) in [6, 6.07) is 1.26. The Morgan fingerprint density at radius 1 is 1.31 bits per heavy atom. The molecule has 0 amide bonds. The standard InChI is InChI=1S/C10H21NO2/c1-8(2)11-9-6-10(7-9)13-5-4-12-3/h8-11H,4-7H2,1-3H3. The van der Waals surface area contributed by atoms with Crippen LogP contribution in [0.4, 0.5) is 0 Å². The van der Waals surface area contributed by atoms with Gasteiger partial charge in [0.2, 0.25) is 0 Å². The van der Waals surface area contributed by atoms with Gasteiger partial charge in [0.25, 0.3) is 0 Å². The van der Waals surface area contributed by atoms with Crippen LogP contribution in [0.15, 0.2) is 0 Å². The van der Waals surface area contributed by atoms with Gasteiger partial charge >= 0.3 is 0 Å². The van der Waals surface area contributed by atoms with E-state index in [2.05, 4.69) is 19.2 Å². The molecule has 1 N–H and O–H groups in total. The Balaban J connectivity index is 1.92. The van der Waals surface area contributed by atoms with Crippen LogP contribution in [-0.2, 0) is 9.47 Å². The van der Waals surface area contributed by atoms with E-state index in [-0.39, 0.29) is 0 Å². The predicted octanol–water partition coefficient (Wildman–Crippen LogP) is 1.18. The molecule has 3 nitrogen and oxygen atoms in total. The van der Waals surface area contributed by atoms with Gasteiger partial charge in [-0.05, 0) is 12.8 Å². The van der Waals surface area contributed by atoms with Gasteiger partial charge in [-0.1, -0.05) is 13.8 Å². The van der Waals surface area contributed by atoms with Crippen molar-refractivity contribution in [3.8, 4) is 0 Å². The van der Waals surface area contributed by atoms with Crippen LogP contribution < -0.4 is 5.32 Å². The second-order valence-corrected chi connectivity index (χ2v) is 3.98. The third-order valence-corrected chi connectivity index (χ3v) is 2.30.